The fourth-order valence-electron chi connectivity index (χ4n) is 2.52. The van der Waals surface area contributed by atoms with Gasteiger partial charge in [0.2, 0.25) is 0 Å². The molecule has 2 rings (SSSR count). The van der Waals surface area contributed by atoms with Crippen LogP contribution in [-0.4, -0.2) is 48.1 Å². The number of aromatic nitrogens is 2. The molecule has 2 heterocycles. The van der Waals surface area contributed by atoms with Crippen molar-refractivity contribution in [3.63, 3.8) is 0 Å². The van der Waals surface area contributed by atoms with Crippen LogP contribution in [0.25, 0.3) is 0 Å². The maximum atomic E-state index is 11.5. The zero-order valence-electron chi connectivity index (χ0n) is 12.2. The predicted molar refractivity (Wildman–Crippen MR) is 75.3 cm³/mol. The van der Waals surface area contributed by atoms with Crippen molar-refractivity contribution >= 4 is 11.8 Å². The summed E-state index contributed by atoms with van der Waals surface area (Å²) in [5, 5.41) is 17.6. The first kappa shape index (κ1) is 14.7. The molecule has 0 spiro atoms. The highest BCUT2D eigenvalue weighted by Gasteiger charge is 2.23. The number of carboxylic acids is 1. The molecule has 1 saturated heterocycles. The average molecular weight is 279 g/mol. The Hall–Kier alpha value is -1.69. The van der Waals surface area contributed by atoms with Crippen LogP contribution in [0.1, 0.15) is 34.5 Å². The number of hydrogen-bond donors (Lipinski definition) is 1. The van der Waals surface area contributed by atoms with Gasteiger partial charge in [0.1, 0.15) is 5.56 Å². The van der Waals surface area contributed by atoms with Crippen LogP contribution in [0.3, 0.4) is 0 Å². The summed E-state index contributed by atoms with van der Waals surface area (Å²) in [6.07, 6.45) is 2.01. The van der Waals surface area contributed by atoms with Gasteiger partial charge < -0.3 is 14.7 Å². The van der Waals surface area contributed by atoms with Crippen LogP contribution in [0.2, 0.25) is 0 Å². The number of aromatic carboxylic acids is 1. The first-order valence-electron chi connectivity index (χ1n) is 6.86. The number of anilines is 1. The van der Waals surface area contributed by atoms with Gasteiger partial charge in [-0.3, -0.25) is 0 Å². The lowest BCUT2D eigenvalue weighted by Gasteiger charge is -2.28. The third-order valence-corrected chi connectivity index (χ3v) is 3.88. The molecule has 1 N–H and O–H groups in total. The Morgan fingerprint density at radius 1 is 1.35 bits per heavy atom. The van der Waals surface area contributed by atoms with Crippen LogP contribution in [0.5, 0.6) is 0 Å². The average Bonchev–Trinajstić information content (AvgIpc) is 2.42. The molecule has 0 aliphatic carbocycles. The summed E-state index contributed by atoms with van der Waals surface area (Å²) in [6, 6.07) is 0. The van der Waals surface area contributed by atoms with Gasteiger partial charge in [-0.25, -0.2) is 4.79 Å². The van der Waals surface area contributed by atoms with Crippen LogP contribution in [-0.2, 0) is 4.74 Å². The van der Waals surface area contributed by atoms with Crippen LogP contribution < -0.4 is 4.90 Å². The summed E-state index contributed by atoms with van der Waals surface area (Å²) in [7, 11) is 1.88. The second-order valence-electron chi connectivity index (χ2n) is 5.35. The molecule has 0 aromatic carbocycles. The van der Waals surface area contributed by atoms with E-state index in [9.17, 15) is 9.90 Å². The Balaban J connectivity index is 2.22. The Morgan fingerprint density at radius 3 is 2.60 bits per heavy atom. The molecule has 0 atom stereocenters. The maximum absolute atomic E-state index is 11.5. The molecule has 110 valence electrons. The fourth-order valence-corrected chi connectivity index (χ4v) is 2.52. The van der Waals surface area contributed by atoms with E-state index >= 15 is 0 Å². The van der Waals surface area contributed by atoms with Crippen molar-refractivity contribution in [2.45, 2.75) is 26.7 Å². The van der Waals surface area contributed by atoms with Crippen molar-refractivity contribution in [3.8, 4) is 0 Å². The molecule has 20 heavy (non-hydrogen) atoms. The Kier molecular flexibility index (Phi) is 4.54. The zero-order chi connectivity index (χ0) is 14.7. The molecule has 6 heteroatoms. The van der Waals surface area contributed by atoms with Gasteiger partial charge in [-0.15, -0.1) is 5.10 Å². The van der Waals surface area contributed by atoms with E-state index in [0.29, 0.717) is 23.0 Å². The molecule has 1 fully saturated rings. The molecular formula is C14H21N3O3. The van der Waals surface area contributed by atoms with Gasteiger partial charge >= 0.3 is 5.97 Å². The lowest BCUT2D eigenvalue weighted by Crippen LogP contribution is -2.31. The molecule has 1 aliphatic rings. The van der Waals surface area contributed by atoms with Gasteiger partial charge in [-0.2, -0.15) is 5.10 Å². The van der Waals surface area contributed by atoms with Gasteiger partial charge in [0.05, 0.1) is 5.69 Å². The number of nitrogens with zero attached hydrogens (tertiary/aromatic N) is 3. The van der Waals surface area contributed by atoms with Crippen molar-refractivity contribution in [2.75, 3.05) is 31.7 Å². The van der Waals surface area contributed by atoms with Crippen molar-refractivity contribution < 1.29 is 14.6 Å². The number of hydrogen-bond acceptors (Lipinski definition) is 5. The largest absolute Gasteiger partial charge is 0.478 e. The third kappa shape index (κ3) is 3.07. The number of carbonyl (C=O) groups is 1. The van der Waals surface area contributed by atoms with E-state index in [2.05, 4.69) is 10.2 Å². The minimum atomic E-state index is -0.950. The minimum Gasteiger partial charge on any atom is -0.478 e. The van der Waals surface area contributed by atoms with Crippen LogP contribution >= 0.6 is 0 Å². The molecule has 0 unspecified atom stereocenters. The van der Waals surface area contributed by atoms with Crippen molar-refractivity contribution in [1.82, 2.24) is 10.2 Å². The highest BCUT2D eigenvalue weighted by atomic mass is 16.5. The minimum absolute atomic E-state index is 0.257. The number of aryl methyl sites for hydroxylation is 1. The van der Waals surface area contributed by atoms with E-state index < -0.39 is 5.97 Å². The van der Waals surface area contributed by atoms with E-state index in [1.165, 1.54) is 0 Å². The van der Waals surface area contributed by atoms with Crippen molar-refractivity contribution in [2.24, 2.45) is 5.92 Å². The van der Waals surface area contributed by atoms with Crippen molar-refractivity contribution in [3.05, 3.63) is 16.8 Å². The number of ether oxygens (including phenoxy) is 1. The second-order valence-corrected chi connectivity index (χ2v) is 5.35. The lowest BCUT2D eigenvalue weighted by atomic mass is 9.99. The molecule has 1 aromatic heterocycles. The van der Waals surface area contributed by atoms with Gasteiger partial charge in [0, 0.05) is 26.8 Å². The molecular weight excluding hydrogens is 258 g/mol. The van der Waals surface area contributed by atoms with Crippen LogP contribution in [0, 0.1) is 19.8 Å². The molecule has 6 nitrogen and oxygen atoms in total. The first-order valence-corrected chi connectivity index (χ1v) is 6.86. The summed E-state index contributed by atoms with van der Waals surface area (Å²) in [6.45, 7) is 5.89. The van der Waals surface area contributed by atoms with Gasteiger partial charge in [-0.1, -0.05) is 0 Å². The summed E-state index contributed by atoms with van der Waals surface area (Å²) in [5.74, 6) is 0.0141. The van der Waals surface area contributed by atoms with Gasteiger partial charge in [-0.05, 0) is 38.2 Å². The monoisotopic (exact) mass is 279 g/mol. The summed E-state index contributed by atoms with van der Waals surface area (Å²) in [5.41, 5.74) is 1.60. The topological polar surface area (TPSA) is 75.5 Å². The SMILES string of the molecule is Cc1nnc(N(C)CC2CCOCC2)c(C(=O)O)c1C. The number of carboxylic acid groups (broad SMARTS) is 1. The zero-order valence-corrected chi connectivity index (χ0v) is 12.2. The lowest BCUT2D eigenvalue weighted by molar-refractivity contribution is 0.0676. The first-order chi connectivity index (χ1) is 9.50. The van der Waals surface area contributed by atoms with Crippen molar-refractivity contribution in [1.29, 1.82) is 0 Å². The summed E-state index contributed by atoms with van der Waals surface area (Å²) < 4.78 is 5.34. The molecule has 0 bridgehead atoms. The molecule has 0 saturated carbocycles. The molecule has 0 radical (unpaired) electrons. The van der Waals surface area contributed by atoms with E-state index in [-0.39, 0.29) is 5.56 Å². The normalized spacial score (nSPS) is 16.1. The standard InChI is InChI=1S/C14H21N3O3/c1-9-10(2)15-16-13(12(9)14(18)19)17(3)8-11-4-6-20-7-5-11/h11H,4-8H2,1-3H3,(H,18,19). The number of rotatable bonds is 4. The molecule has 1 aliphatic heterocycles. The van der Waals surface area contributed by atoms with E-state index in [4.69, 9.17) is 4.74 Å². The molecule has 0 amide bonds. The van der Waals surface area contributed by atoms with E-state index in [1.807, 2.05) is 11.9 Å². The molecule has 1 aromatic rings. The fraction of sp³-hybridized carbons (Fsp3) is 0.643. The van der Waals surface area contributed by atoms with Crippen LogP contribution in [0.15, 0.2) is 0 Å². The Bertz CT molecular complexity index is 499. The Morgan fingerprint density at radius 2 is 2.00 bits per heavy atom. The van der Waals surface area contributed by atoms with E-state index in [1.54, 1.807) is 13.8 Å². The van der Waals surface area contributed by atoms with Gasteiger partial charge in [0.25, 0.3) is 0 Å². The summed E-state index contributed by atoms with van der Waals surface area (Å²) >= 11 is 0. The predicted octanol–water partition coefficient (Wildman–Crippen LogP) is 1.65. The maximum Gasteiger partial charge on any atom is 0.339 e. The van der Waals surface area contributed by atoms with E-state index in [0.717, 1.165) is 32.6 Å². The third-order valence-electron chi connectivity index (χ3n) is 3.88. The van der Waals surface area contributed by atoms with Gasteiger partial charge in [0.15, 0.2) is 5.82 Å². The smallest absolute Gasteiger partial charge is 0.339 e. The van der Waals surface area contributed by atoms with Crippen LogP contribution in [0.4, 0.5) is 5.82 Å². The quantitative estimate of drug-likeness (QED) is 0.903. The highest BCUT2D eigenvalue weighted by molar-refractivity contribution is 5.95. The Labute approximate surface area is 118 Å². The second kappa shape index (κ2) is 6.17. The summed E-state index contributed by atoms with van der Waals surface area (Å²) in [4.78, 5) is 13.4. The highest BCUT2D eigenvalue weighted by Crippen LogP contribution is 2.24.